The Morgan fingerprint density at radius 2 is 1.95 bits per heavy atom. The van der Waals surface area contributed by atoms with Gasteiger partial charge in [-0.2, -0.15) is 5.10 Å². The molecular formula is C14H23N3O3. The first-order valence-electron chi connectivity index (χ1n) is 6.80. The van der Waals surface area contributed by atoms with Gasteiger partial charge in [0.05, 0.1) is 5.69 Å². The number of aromatic nitrogens is 2. The normalized spacial score (nSPS) is 12.8. The Morgan fingerprint density at radius 3 is 2.35 bits per heavy atom. The molecule has 0 radical (unpaired) electrons. The number of hydrogen-bond donors (Lipinski definition) is 2. The van der Waals surface area contributed by atoms with Gasteiger partial charge in [0.25, 0.3) is 5.91 Å². The number of hydrogen-bond acceptors (Lipinski definition) is 3. The van der Waals surface area contributed by atoms with Crippen LogP contribution in [-0.2, 0) is 11.8 Å². The van der Waals surface area contributed by atoms with Gasteiger partial charge in [-0.25, -0.2) is 4.79 Å². The van der Waals surface area contributed by atoms with E-state index in [0.29, 0.717) is 12.1 Å². The van der Waals surface area contributed by atoms with Crippen LogP contribution >= 0.6 is 0 Å². The number of nitrogens with zero attached hydrogens (tertiary/aromatic N) is 2. The molecular weight excluding hydrogens is 258 g/mol. The fourth-order valence-electron chi connectivity index (χ4n) is 1.91. The van der Waals surface area contributed by atoms with Crippen molar-refractivity contribution >= 4 is 11.9 Å². The maximum atomic E-state index is 12.2. The van der Waals surface area contributed by atoms with E-state index in [4.69, 9.17) is 5.11 Å². The number of nitrogens with one attached hydrogen (secondary N) is 1. The first kappa shape index (κ1) is 16.2. The molecule has 0 saturated carbocycles. The van der Waals surface area contributed by atoms with Crippen molar-refractivity contribution in [2.75, 3.05) is 0 Å². The molecule has 1 aromatic heterocycles. The Morgan fingerprint density at radius 1 is 1.35 bits per heavy atom. The molecule has 0 saturated heterocycles. The number of carboxylic acid groups (broad SMARTS) is 1. The molecule has 6 heteroatoms. The van der Waals surface area contributed by atoms with Gasteiger partial charge >= 0.3 is 5.97 Å². The number of aryl methyl sites for hydroxylation is 1. The van der Waals surface area contributed by atoms with E-state index in [9.17, 15) is 9.59 Å². The number of carboxylic acids is 1. The molecule has 6 nitrogen and oxygen atoms in total. The molecule has 1 atom stereocenters. The van der Waals surface area contributed by atoms with Crippen molar-refractivity contribution in [3.8, 4) is 0 Å². The van der Waals surface area contributed by atoms with Crippen LogP contribution in [0.1, 0.15) is 56.2 Å². The Kier molecular flexibility index (Phi) is 5.30. The molecule has 1 rings (SSSR count). The van der Waals surface area contributed by atoms with Crippen molar-refractivity contribution in [3.05, 3.63) is 17.5 Å². The molecule has 0 aliphatic rings. The molecule has 20 heavy (non-hydrogen) atoms. The summed E-state index contributed by atoms with van der Waals surface area (Å²) in [6.45, 7) is 7.82. The van der Waals surface area contributed by atoms with Gasteiger partial charge < -0.3 is 10.4 Å². The average Bonchev–Trinajstić information content (AvgIpc) is 2.69. The summed E-state index contributed by atoms with van der Waals surface area (Å²) in [5, 5.41) is 16.0. The zero-order valence-corrected chi connectivity index (χ0v) is 12.7. The first-order chi connectivity index (χ1) is 9.22. The summed E-state index contributed by atoms with van der Waals surface area (Å²) in [5.74, 6) is -1.01. The SMILES string of the molecule is CC(C)CC(NC(=O)c1cc(C(C)C)nn1C)C(=O)O. The highest BCUT2D eigenvalue weighted by Gasteiger charge is 2.23. The molecule has 0 aliphatic carbocycles. The maximum Gasteiger partial charge on any atom is 0.326 e. The van der Waals surface area contributed by atoms with Gasteiger partial charge in [-0.15, -0.1) is 0 Å². The molecule has 0 fully saturated rings. The Hall–Kier alpha value is -1.85. The minimum absolute atomic E-state index is 0.189. The fraction of sp³-hybridized carbons (Fsp3) is 0.643. The number of rotatable bonds is 6. The summed E-state index contributed by atoms with van der Waals surface area (Å²) in [7, 11) is 1.68. The third kappa shape index (κ3) is 4.08. The zero-order chi connectivity index (χ0) is 15.4. The van der Waals surface area contributed by atoms with Crippen LogP contribution < -0.4 is 5.32 Å². The average molecular weight is 281 g/mol. The van der Waals surface area contributed by atoms with Gasteiger partial charge in [-0.05, 0) is 24.3 Å². The molecule has 1 amide bonds. The van der Waals surface area contributed by atoms with Crippen LogP contribution in [0.25, 0.3) is 0 Å². The number of amides is 1. The molecule has 1 unspecified atom stereocenters. The molecule has 1 heterocycles. The summed E-state index contributed by atoms with van der Waals surface area (Å²) in [6.07, 6.45) is 0.399. The van der Waals surface area contributed by atoms with Crippen molar-refractivity contribution in [2.24, 2.45) is 13.0 Å². The zero-order valence-electron chi connectivity index (χ0n) is 12.7. The van der Waals surface area contributed by atoms with Crippen molar-refractivity contribution in [1.29, 1.82) is 0 Å². The highest BCUT2D eigenvalue weighted by molar-refractivity contribution is 5.95. The van der Waals surface area contributed by atoms with Crippen LogP contribution in [0, 0.1) is 5.92 Å². The van der Waals surface area contributed by atoms with Crippen LogP contribution in [0.15, 0.2) is 6.07 Å². The van der Waals surface area contributed by atoms with Crippen LogP contribution in [0.4, 0.5) is 0 Å². The van der Waals surface area contributed by atoms with Gasteiger partial charge in [-0.1, -0.05) is 27.7 Å². The second-order valence-corrected chi connectivity index (χ2v) is 5.73. The van der Waals surface area contributed by atoms with E-state index in [2.05, 4.69) is 10.4 Å². The third-order valence-corrected chi connectivity index (χ3v) is 3.03. The van der Waals surface area contributed by atoms with Gasteiger partial charge in [-0.3, -0.25) is 9.48 Å². The van der Waals surface area contributed by atoms with Gasteiger partial charge in [0, 0.05) is 7.05 Å². The second-order valence-electron chi connectivity index (χ2n) is 5.73. The fourth-order valence-corrected chi connectivity index (χ4v) is 1.91. The number of carbonyl (C=O) groups is 2. The van der Waals surface area contributed by atoms with Crippen molar-refractivity contribution < 1.29 is 14.7 Å². The van der Waals surface area contributed by atoms with Crippen molar-refractivity contribution in [2.45, 2.75) is 46.1 Å². The third-order valence-electron chi connectivity index (χ3n) is 3.03. The van der Waals surface area contributed by atoms with Crippen LogP contribution in [0.3, 0.4) is 0 Å². The lowest BCUT2D eigenvalue weighted by Gasteiger charge is -2.16. The largest absolute Gasteiger partial charge is 0.480 e. The van der Waals surface area contributed by atoms with E-state index in [0.717, 1.165) is 5.69 Å². The lowest BCUT2D eigenvalue weighted by molar-refractivity contribution is -0.139. The van der Waals surface area contributed by atoms with Crippen molar-refractivity contribution in [1.82, 2.24) is 15.1 Å². The Labute approximate surface area is 119 Å². The highest BCUT2D eigenvalue weighted by Crippen LogP contribution is 2.14. The van der Waals surface area contributed by atoms with Gasteiger partial charge in [0.1, 0.15) is 11.7 Å². The second kappa shape index (κ2) is 6.54. The van der Waals surface area contributed by atoms with Crippen LogP contribution in [0.5, 0.6) is 0 Å². The number of aliphatic carboxylic acids is 1. The lowest BCUT2D eigenvalue weighted by Crippen LogP contribution is -2.42. The Bertz CT molecular complexity index is 492. The van der Waals surface area contributed by atoms with E-state index < -0.39 is 17.9 Å². The smallest absolute Gasteiger partial charge is 0.326 e. The van der Waals surface area contributed by atoms with Gasteiger partial charge in [0.15, 0.2) is 0 Å². The molecule has 112 valence electrons. The highest BCUT2D eigenvalue weighted by atomic mass is 16.4. The molecule has 2 N–H and O–H groups in total. The quantitative estimate of drug-likeness (QED) is 0.832. The Balaban J connectivity index is 2.86. The monoisotopic (exact) mass is 281 g/mol. The summed E-state index contributed by atoms with van der Waals surface area (Å²) >= 11 is 0. The molecule has 0 aromatic carbocycles. The first-order valence-corrected chi connectivity index (χ1v) is 6.80. The van der Waals surface area contributed by atoms with Crippen LogP contribution in [0.2, 0.25) is 0 Å². The molecule has 0 bridgehead atoms. The van der Waals surface area contributed by atoms with E-state index in [-0.39, 0.29) is 11.8 Å². The van der Waals surface area contributed by atoms with Crippen molar-refractivity contribution in [3.63, 3.8) is 0 Å². The van der Waals surface area contributed by atoms with E-state index in [1.807, 2.05) is 27.7 Å². The predicted molar refractivity (Wildman–Crippen MR) is 75.6 cm³/mol. The van der Waals surface area contributed by atoms with E-state index in [1.54, 1.807) is 13.1 Å². The molecule has 0 aliphatic heterocycles. The molecule has 1 aromatic rings. The topological polar surface area (TPSA) is 84.2 Å². The maximum absolute atomic E-state index is 12.2. The lowest BCUT2D eigenvalue weighted by atomic mass is 10.0. The number of carbonyl (C=O) groups excluding carboxylic acids is 1. The summed E-state index contributed by atoms with van der Waals surface area (Å²) in [6, 6.07) is 0.828. The summed E-state index contributed by atoms with van der Waals surface area (Å²) < 4.78 is 1.49. The minimum Gasteiger partial charge on any atom is -0.480 e. The standard InChI is InChI=1S/C14H23N3O3/c1-8(2)6-11(14(19)20)15-13(18)12-7-10(9(3)4)16-17(12)5/h7-9,11H,6H2,1-5H3,(H,15,18)(H,19,20). The van der Waals surface area contributed by atoms with Gasteiger partial charge in [0.2, 0.25) is 0 Å². The van der Waals surface area contributed by atoms with E-state index >= 15 is 0 Å². The van der Waals surface area contributed by atoms with Crippen LogP contribution in [-0.4, -0.2) is 32.8 Å². The summed E-state index contributed by atoms with van der Waals surface area (Å²) in [4.78, 5) is 23.3. The molecule has 0 spiro atoms. The van der Waals surface area contributed by atoms with E-state index in [1.165, 1.54) is 4.68 Å². The minimum atomic E-state index is -1.02. The predicted octanol–water partition coefficient (Wildman–Crippen LogP) is 1.77. The summed E-state index contributed by atoms with van der Waals surface area (Å²) in [5.41, 5.74) is 1.19.